The number of methoxy groups -OCH3 is 2. The number of rotatable bonds is 21. The molecule has 0 aliphatic rings. The fourth-order valence-electron chi connectivity index (χ4n) is 13.9. The first-order valence-electron chi connectivity index (χ1n) is 36.5. The van der Waals surface area contributed by atoms with Crippen LogP contribution in [-0.2, 0) is 84.4 Å². The van der Waals surface area contributed by atoms with Gasteiger partial charge >= 0.3 is 17.9 Å². The van der Waals surface area contributed by atoms with E-state index in [2.05, 4.69) is 59.3 Å². The van der Waals surface area contributed by atoms with E-state index in [1.165, 1.54) is 11.1 Å². The van der Waals surface area contributed by atoms with Gasteiger partial charge in [-0.25, -0.2) is 14.4 Å². The number of esters is 2. The average Bonchev–Trinajstić information content (AvgIpc) is 1.62. The molecule has 0 spiro atoms. The third-order valence-corrected chi connectivity index (χ3v) is 19.2. The Labute approximate surface area is 657 Å². The second-order valence-electron chi connectivity index (χ2n) is 26.8. The summed E-state index contributed by atoms with van der Waals surface area (Å²) in [6.45, 7) is 3.28. The number of nitrogens with zero attached hydrogens (tertiary/aromatic N) is 2. The first-order valence-corrected chi connectivity index (χ1v) is 36.5. The fraction of sp³-hybridized carbons (Fsp3) is 0.116. The van der Waals surface area contributed by atoms with Crippen molar-refractivity contribution < 1.29 is 68.3 Å². The molecule has 114 heavy (non-hydrogen) atoms. The number of ketones is 5. The number of fused-ring (bicyclic) bond motifs is 5. The van der Waals surface area contributed by atoms with E-state index in [4.69, 9.17) is 5.11 Å². The molecule has 0 radical (unpaired) electrons. The van der Waals surface area contributed by atoms with Crippen molar-refractivity contribution in [3.05, 3.63) is 375 Å². The van der Waals surface area contributed by atoms with Gasteiger partial charge in [-0.3, -0.25) is 24.0 Å². The first-order chi connectivity index (χ1) is 55.1. The van der Waals surface area contributed by atoms with Crippen LogP contribution in [0.2, 0.25) is 0 Å². The van der Waals surface area contributed by atoms with Gasteiger partial charge in [0.1, 0.15) is 17.3 Å². The highest BCUT2D eigenvalue weighted by Crippen LogP contribution is 2.35. The van der Waals surface area contributed by atoms with Crippen LogP contribution in [0.1, 0.15) is 108 Å². The number of benzene rings is 10. The molecule has 5 heterocycles. The lowest BCUT2D eigenvalue weighted by molar-refractivity contribution is -0.149. The lowest BCUT2D eigenvalue weighted by Gasteiger charge is -2.08. The molecule has 0 aliphatic carbocycles. The number of carboxylic acids is 1. The van der Waals surface area contributed by atoms with Gasteiger partial charge in [0.25, 0.3) is 17.3 Å². The normalized spacial score (nSPS) is 11.3. The van der Waals surface area contributed by atoms with Crippen molar-refractivity contribution in [2.45, 2.75) is 46.0 Å². The van der Waals surface area contributed by atoms with E-state index in [9.17, 15) is 53.7 Å². The number of aromatic nitrogens is 5. The van der Waals surface area contributed by atoms with Crippen molar-refractivity contribution in [3.8, 4) is 0 Å². The lowest BCUT2D eigenvalue weighted by Crippen LogP contribution is -2.13. The SMILES string of the molecule is CC(=O)c1c(Cc2ccccc2)[nH]c2ccccc12.CC(=O)c1c(Cc2ccccc2)n(C)c2ccccc12.COC(=O)C(=O)C=C(O)c1c(Cc2ccccc2)[nH]c2ccccc12.COC(=O)C(=O)C=C(O)c1c(Cc2ccccc2)n(C)c2ccccc12.O=C(O)C(=O)C=C(O)c1c(Cc2ccccc2)[nH]c2ccccc12. The van der Waals surface area contributed by atoms with Gasteiger partial charge in [0.15, 0.2) is 11.6 Å². The van der Waals surface area contributed by atoms with Gasteiger partial charge in [-0.15, -0.1) is 0 Å². The maximum absolute atomic E-state index is 12.1. The summed E-state index contributed by atoms with van der Waals surface area (Å²) < 4.78 is 12.9. The predicted molar refractivity (Wildman–Crippen MR) is 445 cm³/mol. The van der Waals surface area contributed by atoms with E-state index < -0.39 is 35.3 Å². The second kappa shape index (κ2) is 37.6. The monoisotopic (exact) mass is 1520 g/mol. The molecule has 15 rings (SSSR count). The minimum absolute atomic E-state index is 0.114. The van der Waals surface area contributed by atoms with E-state index in [1.54, 1.807) is 13.8 Å². The largest absolute Gasteiger partial charge is 0.507 e. The molecule has 0 aliphatic heterocycles. The molecule has 7 N–H and O–H groups in total. The number of aryl methyl sites for hydroxylation is 2. The number of nitrogens with one attached hydrogen (secondary N) is 3. The maximum atomic E-state index is 12.1. The maximum Gasteiger partial charge on any atom is 0.378 e. The van der Waals surface area contributed by atoms with Gasteiger partial charge in [0, 0.05) is 175 Å². The summed E-state index contributed by atoms with van der Waals surface area (Å²) in [7, 11) is 6.20. The van der Waals surface area contributed by atoms with Crippen LogP contribution in [0.3, 0.4) is 0 Å². The Hall–Kier alpha value is -14.7. The molecule has 5 aromatic heterocycles. The van der Waals surface area contributed by atoms with Crippen molar-refractivity contribution in [2.24, 2.45) is 14.1 Å². The minimum Gasteiger partial charge on any atom is -0.507 e. The minimum atomic E-state index is -1.61. The summed E-state index contributed by atoms with van der Waals surface area (Å²) in [4.78, 5) is 102. The van der Waals surface area contributed by atoms with Crippen molar-refractivity contribution >= 4 is 119 Å². The smallest absolute Gasteiger partial charge is 0.378 e. The van der Waals surface area contributed by atoms with Crippen LogP contribution in [0, 0.1) is 0 Å². The molecule has 19 nitrogen and oxygen atoms in total. The molecule has 0 saturated carbocycles. The highest BCUT2D eigenvalue weighted by molar-refractivity contribution is 6.40. The van der Waals surface area contributed by atoms with Crippen LogP contribution in [0.5, 0.6) is 0 Å². The number of carboxylic acid groups (broad SMARTS) is 1. The predicted octanol–water partition coefficient (Wildman–Crippen LogP) is 18.1. The van der Waals surface area contributed by atoms with Crippen LogP contribution in [0.4, 0.5) is 0 Å². The number of hydrogen-bond donors (Lipinski definition) is 7. The molecule has 0 bridgehead atoms. The molecule has 0 amide bonds. The second-order valence-corrected chi connectivity index (χ2v) is 26.8. The third-order valence-electron chi connectivity index (χ3n) is 19.2. The Morgan fingerprint density at radius 3 is 0.886 bits per heavy atom. The summed E-state index contributed by atoms with van der Waals surface area (Å²) in [6.07, 6.45) is 5.74. The van der Waals surface area contributed by atoms with Crippen molar-refractivity contribution in [3.63, 3.8) is 0 Å². The molecule has 0 saturated heterocycles. The highest BCUT2D eigenvalue weighted by atomic mass is 16.5. The number of aliphatic carboxylic acids is 1. The third kappa shape index (κ3) is 19.3. The lowest BCUT2D eigenvalue weighted by atomic mass is 10.0. The van der Waals surface area contributed by atoms with Gasteiger partial charge in [0.2, 0.25) is 0 Å². The van der Waals surface area contributed by atoms with Gasteiger partial charge in [-0.05, 0) is 72.0 Å². The molecule has 15 aromatic rings. The van der Waals surface area contributed by atoms with E-state index in [0.717, 1.165) is 150 Å². The number of ether oxygens (including phenoxy) is 2. The average molecular weight is 1520 g/mol. The molecule has 0 unspecified atom stereocenters. The van der Waals surface area contributed by atoms with Crippen LogP contribution < -0.4 is 0 Å². The van der Waals surface area contributed by atoms with Crippen LogP contribution >= 0.6 is 0 Å². The van der Waals surface area contributed by atoms with Crippen LogP contribution in [-0.4, -0.2) is 106 Å². The quantitative estimate of drug-likeness (QED) is 0.0116. The Morgan fingerprint density at radius 2 is 0.561 bits per heavy atom. The van der Waals surface area contributed by atoms with Gasteiger partial charge in [-0.1, -0.05) is 243 Å². The zero-order valence-electron chi connectivity index (χ0n) is 63.5. The molecular formula is C95H83N5O14. The number of Topliss-reactive ketones (excluding diaryl/α,β-unsaturated/α-hetero) is 2. The summed E-state index contributed by atoms with van der Waals surface area (Å²) in [5.74, 6) is -7.23. The fourth-order valence-corrected chi connectivity index (χ4v) is 13.9. The summed E-state index contributed by atoms with van der Waals surface area (Å²) in [5, 5.41) is 44.6. The Balaban J connectivity index is 0.000000141. The van der Waals surface area contributed by atoms with Crippen molar-refractivity contribution in [1.29, 1.82) is 0 Å². The summed E-state index contributed by atoms with van der Waals surface area (Å²) >= 11 is 0. The van der Waals surface area contributed by atoms with Gasteiger partial charge in [0.05, 0.1) is 14.2 Å². The van der Waals surface area contributed by atoms with Crippen molar-refractivity contribution in [2.75, 3.05) is 14.2 Å². The molecular weight excluding hydrogens is 1440 g/mol. The number of hydrogen-bond acceptors (Lipinski definition) is 13. The molecule has 0 atom stereocenters. The van der Waals surface area contributed by atoms with Crippen LogP contribution in [0.25, 0.3) is 71.8 Å². The summed E-state index contributed by atoms with van der Waals surface area (Å²) in [6, 6.07) is 88.2. The Morgan fingerprint density at radius 1 is 0.307 bits per heavy atom. The molecule has 572 valence electrons. The zero-order chi connectivity index (χ0) is 81.0. The van der Waals surface area contributed by atoms with Gasteiger partial charge in [-0.2, -0.15) is 0 Å². The Kier molecular flexibility index (Phi) is 26.5. The van der Waals surface area contributed by atoms with Crippen LogP contribution in [0.15, 0.2) is 291 Å². The van der Waals surface area contributed by atoms with E-state index in [-0.39, 0.29) is 28.8 Å². The number of aliphatic hydroxyl groups excluding tert-OH is 3. The number of H-pyrrole nitrogens is 3. The standard InChI is InChI=1S/C21H19NO4.C20H17NO4.C19H15NO4.C18H17NO.C17H15NO/c1-22-16-11-7-6-10-15(16)20(18(23)13-19(24)21(25)26-2)17(22)12-14-8-4-3-5-9-14;1-25-20(24)18(23)12-17(22)19-14-9-5-6-10-15(14)21-16(19)11-13-7-3-2-4-8-13;21-16(11-17(22)19(23)24)18-13-8-4-5-9-14(13)20-15(18)10-12-6-2-1-3-7-12;1-13(20)18-15-10-6-7-11-16(15)19(2)17(18)12-14-8-4-3-5-9-14;1-12(19)17-14-9-5-6-10-15(14)18-16(17)11-13-7-3-2-4-8-13/h3-11,13,23H,12H2,1-2H3;2-10,12,21-22H,11H2,1H3;1-9,11,20-21H,10H2,(H,23,24);3-11H,12H2,1-2H3;2-10,18H,11H2,1H3. The highest BCUT2D eigenvalue weighted by Gasteiger charge is 2.25. The van der Waals surface area contributed by atoms with Crippen molar-refractivity contribution in [1.82, 2.24) is 24.1 Å². The number of carbonyl (C=O) groups is 8. The number of aromatic amines is 3. The topological polar surface area (TPSA) is 293 Å². The first kappa shape index (κ1) is 80.3. The number of aliphatic hydroxyl groups is 3. The zero-order valence-corrected chi connectivity index (χ0v) is 63.5. The van der Waals surface area contributed by atoms with E-state index in [1.807, 2.05) is 261 Å². The number of para-hydroxylation sites is 5. The van der Waals surface area contributed by atoms with Gasteiger partial charge < -0.3 is 54.0 Å². The van der Waals surface area contributed by atoms with E-state index >= 15 is 0 Å². The van der Waals surface area contributed by atoms with E-state index in [0.29, 0.717) is 41.6 Å². The number of carbonyl (C=O) groups excluding carboxylic acids is 7. The molecule has 0 fully saturated rings. The summed E-state index contributed by atoms with van der Waals surface area (Å²) in [5.41, 5.74) is 17.9. The Bertz CT molecular complexity index is 6120. The molecule has 19 heteroatoms. The molecule has 10 aromatic carbocycles.